The molecule has 0 saturated carbocycles. The minimum Gasteiger partial charge on any atom is -0.397 e. The molecular formula is C26H24ClFN6O2S. The van der Waals surface area contributed by atoms with Crippen LogP contribution < -0.4 is 16.0 Å². The van der Waals surface area contributed by atoms with Crippen LogP contribution in [0.1, 0.15) is 15.2 Å². The summed E-state index contributed by atoms with van der Waals surface area (Å²) in [7, 11) is 0. The Labute approximate surface area is 222 Å². The van der Waals surface area contributed by atoms with E-state index in [1.807, 2.05) is 16.7 Å². The number of carbonyl (C=O) groups excluding carboxylic acids is 1. The van der Waals surface area contributed by atoms with Crippen LogP contribution in [0.5, 0.6) is 0 Å². The van der Waals surface area contributed by atoms with Crippen molar-refractivity contribution in [1.82, 2.24) is 14.8 Å². The number of ketones is 1. The lowest BCUT2D eigenvalue weighted by atomic mass is 10.1. The van der Waals surface area contributed by atoms with Crippen LogP contribution in [0.2, 0.25) is 5.02 Å². The second kappa shape index (κ2) is 10.7. The number of benzene rings is 2. The van der Waals surface area contributed by atoms with Gasteiger partial charge in [-0.3, -0.25) is 9.36 Å². The Kier molecular flexibility index (Phi) is 7.22. The number of hydrogen-bond donors (Lipinski definition) is 2. The van der Waals surface area contributed by atoms with Crippen LogP contribution in [-0.2, 0) is 11.3 Å². The number of ether oxygens (including phenoxy) is 1. The molecule has 5 rings (SSSR count). The third-order valence-electron chi connectivity index (χ3n) is 5.92. The zero-order valence-electron chi connectivity index (χ0n) is 19.8. The number of aromatic nitrogens is 3. The minimum atomic E-state index is -0.422. The number of hydrogen-bond acceptors (Lipinski definition) is 8. The molecule has 3 N–H and O–H groups in total. The maximum absolute atomic E-state index is 13.5. The van der Waals surface area contributed by atoms with Crippen molar-refractivity contribution in [3.63, 3.8) is 0 Å². The van der Waals surface area contributed by atoms with Crippen LogP contribution in [0.3, 0.4) is 0 Å². The normalized spacial score (nSPS) is 13.5. The third kappa shape index (κ3) is 5.08. The van der Waals surface area contributed by atoms with Gasteiger partial charge in [-0.25, -0.2) is 4.39 Å². The van der Waals surface area contributed by atoms with Gasteiger partial charge in [-0.05, 0) is 48.5 Å². The second-order valence-electron chi connectivity index (χ2n) is 8.34. The van der Waals surface area contributed by atoms with E-state index in [1.165, 1.54) is 35.6 Å². The number of anilines is 4. The Bertz CT molecular complexity index is 1430. The first kappa shape index (κ1) is 24.9. The van der Waals surface area contributed by atoms with Crippen LogP contribution in [-0.4, -0.2) is 46.9 Å². The Hall–Kier alpha value is -3.73. The second-order valence-corrected chi connectivity index (χ2v) is 9.80. The molecule has 0 bridgehead atoms. The van der Waals surface area contributed by atoms with Gasteiger partial charge in [0.05, 0.1) is 24.5 Å². The van der Waals surface area contributed by atoms with Crippen molar-refractivity contribution in [3.8, 4) is 11.4 Å². The largest absolute Gasteiger partial charge is 0.397 e. The van der Waals surface area contributed by atoms with E-state index in [0.717, 1.165) is 5.69 Å². The molecule has 37 heavy (non-hydrogen) atoms. The van der Waals surface area contributed by atoms with E-state index in [1.54, 1.807) is 18.2 Å². The molecule has 1 aliphatic heterocycles. The molecule has 1 fully saturated rings. The maximum atomic E-state index is 13.5. The fraction of sp³-hybridized carbons (Fsp3) is 0.192. The minimum absolute atomic E-state index is 0.266. The van der Waals surface area contributed by atoms with E-state index in [9.17, 15) is 9.18 Å². The van der Waals surface area contributed by atoms with Gasteiger partial charge in [-0.1, -0.05) is 17.7 Å². The van der Waals surface area contributed by atoms with E-state index >= 15 is 0 Å². The van der Waals surface area contributed by atoms with Gasteiger partial charge in [0.2, 0.25) is 11.7 Å². The fourth-order valence-corrected chi connectivity index (χ4v) is 5.32. The highest BCUT2D eigenvalue weighted by Crippen LogP contribution is 2.45. The third-order valence-corrected chi connectivity index (χ3v) is 7.29. The van der Waals surface area contributed by atoms with Gasteiger partial charge in [0.1, 0.15) is 15.7 Å². The number of morpholine rings is 1. The smallest absolute Gasteiger partial charge is 0.227 e. The first-order valence-electron chi connectivity index (χ1n) is 11.6. The summed E-state index contributed by atoms with van der Waals surface area (Å²) in [6.45, 7) is 6.88. The van der Waals surface area contributed by atoms with Gasteiger partial charge < -0.3 is 20.7 Å². The lowest BCUT2D eigenvalue weighted by Crippen LogP contribution is -2.38. The number of rotatable bonds is 8. The summed E-state index contributed by atoms with van der Waals surface area (Å²) in [5.41, 5.74) is 8.56. The fourth-order valence-electron chi connectivity index (χ4n) is 4.09. The van der Waals surface area contributed by atoms with Crippen molar-refractivity contribution in [3.05, 3.63) is 82.5 Å². The van der Waals surface area contributed by atoms with E-state index in [0.29, 0.717) is 70.6 Å². The van der Waals surface area contributed by atoms with E-state index in [2.05, 4.69) is 27.0 Å². The number of allylic oxidation sites excluding steroid dienone is 1. The maximum Gasteiger partial charge on any atom is 0.227 e. The van der Waals surface area contributed by atoms with Crippen LogP contribution in [0.4, 0.5) is 26.7 Å². The number of nitrogens with two attached hydrogens (primary N) is 1. The zero-order chi connectivity index (χ0) is 25.9. The molecule has 0 amide bonds. The SMILES string of the molecule is C=CCn1c(-c2c(Nc3ccc(Cl)cc3)sc(C(=O)c3ccc(F)cc3)c2N)nnc1N1CCOCC1. The topological polar surface area (TPSA) is 98.3 Å². The van der Waals surface area contributed by atoms with Crippen molar-refractivity contribution < 1.29 is 13.9 Å². The molecular weight excluding hydrogens is 515 g/mol. The standard InChI is InChI=1S/C26H24ClFN6O2S/c1-2-11-34-24(31-32-26(34)33-12-14-36-15-13-33)20-21(29)23(22(35)16-3-7-18(28)8-4-16)37-25(20)30-19-9-5-17(27)6-10-19/h2-10,30H,1,11-15,29H2. The number of halogens is 2. The molecule has 0 spiro atoms. The highest BCUT2D eigenvalue weighted by atomic mass is 35.5. The van der Waals surface area contributed by atoms with Gasteiger partial charge in [0, 0.05) is 35.9 Å². The van der Waals surface area contributed by atoms with E-state index < -0.39 is 5.82 Å². The Morgan fingerprint density at radius 2 is 1.86 bits per heavy atom. The predicted molar refractivity (Wildman–Crippen MR) is 146 cm³/mol. The summed E-state index contributed by atoms with van der Waals surface area (Å²) >= 11 is 7.27. The highest BCUT2D eigenvalue weighted by Gasteiger charge is 2.29. The Balaban J connectivity index is 1.64. The summed E-state index contributed by atoms with van der Waals surface area (Å²) in [6.07, 6.45) is 1.76. The lowest BCUT2D eigenvalue weighted by molar-refractivity contribution is 0.104. The number of nitrogens with zero attached hydrogens (tertiary/aromatic N) is 4. The molecule has 1 saturated heterocycles. The molecule has 0 radical (unpaired) electrons. The van der Waals surface area contributed by atoms with Gasteiger partial charge in [0.15, 0.2) is 5.82 Å². The molecule has 2 aromatic heterocycles. The summed E-state index contributed by atoms with van der Waals surface area (Å²) in [5, 5.41) is 13.6. The van der Waals surface area contributed by atoms with Crippen molar-refractivity contribution in [2.45, 2.75) is 6.54 Å². The number of carbonyl (C=O) groups is 1. The Morgan fingerprint density at radius 1 is 1.16 bits per heavy atom. The van der Waals surface area contributed by atoms with Gasteiger partial charge in [0.25, 0.3) is 0 Å². The van der Waals surface area contributed by atoms with E-state index in [-0.39, 0.29) is 11.5 Å². The average Bonchev–Trinajstić information content (AvgIpc) is 3.46. The molecule has 1 aliphatic rings. The first-order valence-corrected chi connectivity index (χ1v) is 12.8. The van der Waals surface area contributed by atoms with Crippen LogP contribution >= 0.6 is 22.9 Å². The van der Waals surface area contributed by atoms with Crippen molar-refractivity contribution >= 4 is 51.0 Å². The molecule has 0 unspecified atom stereocenters. The average molecular weight is 539 g/mol. The molecule has 190 valence electrons. The molecule has 3 heterocycles. The molecule has 8 nitrogen and oxygen atoms in total. The van der Waals surface area contributed by atoms with Gasteiger partial charge >= 0.3 is 0 Å². The van der Waals surface area contributed by atoms with Crippen molar-refractivity contribution in [2.24, 2.45) is 0 Å². The highest BCUT2D eigenvalue weighted by molar-refractivity contribution is 7.19. The van der Waals surface area contributed by atoms with Gasteiger partial charge in [-0.2, -0.15) is 0 Å². The molecule has 4 aromatic rings. The zero-order valence-corrected chi connectivity index (χ0v) is 21.4. The quantitative estimate of drug-likeness (QED) is 0.229. The number of nitrogens with one attached hydrogen (secondary N) is 1. The van der Waals surface area contributed by atoms with E-state index in [4.69, 9.17) is 22.1 Å². The number of thiophene rings is 1. The van der Waals surface area contributed by atoms with Crippen molar-refractivity contribution in [1.29, 1.82) is 0 Å². The monoisotopic (exact) mass is 538 g/mol. The molecule has 11 heteroatoms. The molecule has 0 aliphatic carbocycles. The first-order chi connectivity index (χ1) is 18.0. The van der Waals surface area contributed by atoms with Crippen LogP contribution in [0.25, 0.3) is 11.4 Å². The Morgan fingerprint density at radius 3 is 2.54 bits per heavy atom. The van der Waals surface area contributed by atoms with Crippen LogP contribution in [0.15, 0.2) is 61.2 Å². The lowest BCUT2D eigenvalue weighted by Gasteiger charge is -2.27. The summed E-state index contributed by atoms with van der Waals surface area (Å²) in [4.78, 5) is 15.8. The predicted octanol–water partition coefficient (Wildman–Crippen LogP) is 5.38. The van der Waals surface area contributed by atoms with Crippen molar-refractivity contribution in [2.75, 3.05) is 42.3 Å². The van der Waals surface area contributed by atoms with Gasteiger partial charge in [-0.15, -0.1) is 28.1 Å². The molecule has 0 atom stereocenters. The molecule has 2 aromatic carbocycles. The summed E-state index contributed by atoms with van der Waals surface area (Å²) < 4.78 is 20.9. The summed E-state index contributed by atoms with van der Waals surface area (Å²) in [5.74, 6) is 0.447. The van der Waals surface area contributed by atoms with Crippen LogP contribution in [0, 0.1) is 5.82 Å². The number of nitrogen functional groups attached to an aromatic ring is 1. The summed E-state index contributed by atoms with van der Waals surface area (Å²) in [6, 6.07) is 12.6.